The maximum Gasteiger partial charge on any atom is 0.241 e. The van der Waals surface area contributed by atoms with Gasteiger partial charge in [-0.1, -0.05) is 49.6 Å². The Bertz CT molecular complexity index is 578. The minimum atomic E-state index is -0.250. The predicted molar refractivity (Wildman–Crippen MR) is 103 cm³/mol. The van der Waals surface area contributed by atoms with E-state index < -0.39 is 0 Å². The zero-order valence-corrected chi connectivity index (χ0v) is 15.6. The third-order valence-corrected chi connectivity index (χ3v) is 5.49. The van der Waals surface area contributed by atoms with Gasteiger partial charge in [-0.2, -0.15) is 0 Å². The standard InChI is InChI=1S/C21H31N3O2/c25-19(23-18-11-5-2-6-12-18)13-14-22-21(26)20(24-15-7-8-16-24)17-9-3-1-4-10-17/h1,3-4,9-10,18,20H,2,5-8,11-16H2,(H,22,26)(H,23,25). The topological polar surface area (TPSA) is 61.4 Å². The second kappa shape index (κ2) is 9.72. The Kier molecular flexibility index (Phi) is 7.06. The molecule has 1 aromatic rings. The maximum atomic E-state index is 12.8. The summed E-state index contributed by atoms with van der Waals surface area (Å²) in [5.74, 6) is 0.0539. The number of hydrogen-bond donors (Lipinski definition) is 2. The van der Waals surface area contributed by atoms with Crippen LogP contribution in [0.1, 0.15) is 63.0 Å². The molecule has 2 amide bonds. The zero-order chi connectivity index (χ0) is 18.2. The molecule has 1 unspecified atom stereocenters. The van der Waals surface area contributed by atoms with Crippen molar-refractivity contribution >= 4 is 11.8 Å². The van der Waals surface area contributed by atoms with E-state index in [4.69, 9.17) is 0 Å². The molecule has 1 aromatic carbocycles. The number of carbonyl (C=O) groups is 2. The van der Waals surface area contributed by atoms with Gasteiger partial charge < -0.3 is 10.6 Å². The normalized spacial score (nSPS) is 19.8. The van der Waals surface area contributed by atoms with Gasteiger partial charge in [-0.05, 0) is 44.3 Å². The molecule has 2 N–H and O–H groups in total. The summed E-state index contributed by atoms with van der Waals surface area (Å²) in [5.41, 5.74) is 1.03. The number of nitrogens with one attached hydrogen (secondary N) is 2. The van der Waals surface area contributed by atoms with Crippen LogP contribution in [0.3, 0.4) is 0 Å². The van der Waals surface area contributed by atoms with E-state index in [0.29, 0.717) is 19.0 Å². The van der Waals surface area contributed by atoms with Crippen molar-refractivity contribution in [2.45, 2.75) is 63.5 Å². The van der Waals surface area contributed by atoms with Gasteiger partial charge in [0.1, 0.15) is 6.04 Å². The van der Waals surface area contributed by atoms with Gasteiger partial charge in [0, 0.05) is 19.0 Å². The molecule has 0 aromatic heterocycles. The monoisotopic (exact) mass is 357 g/mol. The summed E-state index contributed by atoms with van der Waals surface area (Å²) in [6, 6.07) is 10.0. The van der Waals surface area contributed by atoms with E-state index in [1.165, 1.54) is 19.3 Å². The maximum absolute atomic E-state index is 12.8. The lowest BCUT2D eigenvalue weighted by Gasteiger charge is -2.27. The Morgan fingerprint density at radius 1 is 1.00 bits per heavy atom. The molecular weight excluding hydrogens is 326 g/mol. The molecule has 1 aliphatic carbocycles. The van der Waals surface area contributed by atoms with Gasteiger partial charge in [-0.15, -0.1) is 0 Å². The Morgan fingerprint density at radius 2 is 1.69 bits per heavy atom. The summed E-state index contributed by atoms with van der Waals surface area (Å²) in [5, 5.41) is 6.09. The first-order valence-electron chi connectivity index (χ1n) is 10.1. The highest BCUT2D eigenvalue weighted by Gasteiger charge is 2.29. The highest BCUT2D eigenvalue weighted by molar-refractivity contribution is 5.84. The van der Waals surface area contributed by atoms with Crippen molar-refractivity contribution < 1.29 is 9.59 Å². The lowest BCUT2D eigenvalue weighted by atomic mass is 9.95. The molecule has 0 spiro atoms. The quantitative estimate of drug-likeness (QED) is 0.789. The van der Waals surface area contributed by atoms with Crippen LogP contribution in [0.5, 0.6) is 0 Å². The van der Waals surface area contributed by atoms with E-state index in [0.717, 1.165) is 44.3 Å². The smallest absolute Gasteiger partial charge is 0.241 e. The van der Waals surface area contributed by atoms with Crippen molar-refractivity contribution in [2.24, 2.45) is 0 Å². The molecule has 142 valence electrons. The van der Waals surface area contributed by atoms with E-state index in [1.54, 1.807) is 0 Å². The number of carbonyl (C=O) groups excluding carboxylic acids is 2. The Labute approximate surface area is 156 Å². The van der Waals surface area contributed by atoms with Crippen LogP contribution in [-0.2, 0) is 9.59 Å². The summed E-state index contributed by atoms with van der Waals surface area (Å²) < 4.78 is 0. The van der Waals surface area contributed by atoms with Crippen LogP contribution in [-0.4, -0.2) is 42.4 Å². The van der Waals surface area contributed by atoms with Crippen molar-refractivity contribution in [3.05, 3.63) is 35.9 Å². The molecule has 5 nitrogen and oxygen atoms in total. The first kappa shape index (κ1) is 18.9. The largest absolute Gasteiger partial charge is 0.354 e. The molecule has 5 heteroatoms. The summed E-state index contributed by atoms with van der Waals surface area (Å²) in [4.78, 5) is 27.2. The fourth-order valence-corrected chi connectivity index (χ4v) is 4.11. The zero-order valence-electron chi connectivity index (χ0n) is 15.6. The number of benzene rings is 1. The molecule has 2 fully saturated rings. The molecule has 26 heavy (non-hydrogen) atoms. The number of rotatable bonds is 7. The molecule has 0 bridgehead atoms. The molecule has 0 radical (unpaired) electrons. The van der Waals surface area contributed by atoms with E-state index in [1.807, 2.05) is 30.3 Å². The van der Waals surface area contributed by atoms with Gasteiger partial charge in [0.25, 0.3) is 0 Å². The molecule has 2 aliphatic rings. The van der Waals surface area contributed by atoms with E-state index >= 15 is 0 Å². The molecule has 1 heterocycles. The minimum absolute atomic E-state index is 0.00330. The van der Waals surface area contributed by atoms with Crippen molar-refractivity contribution in [3.63, 3.8) is 0 Å². The minimum Gasteiger partial charge on any atom is -0.354 e. The van der Waals surface area contributed by atoms with Gasteiger partial charge in [0.15, 0.2) is 0 Å². The van der Waals surface area contributed by atoms with Crippen LogP contribution in [0.25, 0.3) is 0 Å². The van der Waals surface area contributed by atoms with Crippen LogP contribution in [0.15, 0.2) is 30.3 Å². The third-order valence-electron chi connectivity index (χ3n) is 5.49. The highest BCUT2D eigenvalue weighted by atomic mass is 16.2. The van der Waals surface area contributed by atoms with Crippen LogP contribution < -0.4 is 10.6 Å². The first-order valence-corrected chi connectivity index (χ1v) is 10.1. The molecular formula is C21H31N3O2. The van der Waals surface area contributed by atoms with Crippen LogP contribution in [0, 0.1) is 0 Å². The van der Waals surface area contributed by atoms with Crippen molar-refractivity contribution in [3.8, 4) is 0 Å². The second-order valence-electron chi connectivity index (χ2n) is 7.50. The van der Waals surface area contributed by atoms with E-state index in [-0.39, 0.29) is 17.9 Å². The summed E-state index contributed by atoms with van der Waals surface area (Å²) >= 11 is 0. The van der Waals surface area contributed by atoms with E-state index in [2.05, 4.69) is 15.5 Å². The fourth-order valence-electron chi connectivity index (χ4n) is 4.11. The van der Waals surface area contributed by atoms with Crippen LogP contribution in [0.2, 0.25) is 0 Å². The van der Waals surface area contributed by atoms with Crippen LogP contribution >= 0.6 is 0 Å². The fraction of sp³-hybridized carbons (Fsp3) is 0.619. The van der Waals surface area contributed by atoms with Gasteiger partial charge >= 0.3 is 0 Å². The molecule has 1 atom stereocenters. The molecule has 3 rings (SSSR count). The van der Waals surface area contributed by atoms with Crippen molar-refractivity contribution in [1.82, 2.24) is 15.5 Å². The summed E-state index contributed by atoms with van der Waals surface area (Å²) in [6.45, 7) is 2.30. The Hall–Kier alpha value is -1.88. The van der Waals surface area contributed by atoms with Gasteiger partial charge in [-0.3, -0.25) is 14.5 Å². The number of amides is 2. The number of hydrogen-bond acceptors (Lipinski definition) is 3. The summed E-state index contributed by atoms with van der Waals surface area (Å²) in [6.07, 6.45) is 8.49. The first-order chi connectivity index (χ1) is 12.7. The molecule has 1 saturated carbocycles. The van der Waals surface area contributed by atoms with Gasteiger partial charge in [0.2, 0.25) is 11.8 Å². The lowest BCUT2D eigenvalue weighted by molar-refractivity contribution is -0.126. The summed E-state index contributed by atoms with van der Waals surface area (Å²) in [7, 11) is 0. The predicted octanol–water partition coefficient (Wildman–Crippen LogP) is 2.78. The molecule has 1 aliphatic heterocycles. The number of nitrogens with zero attached hydrogens (tertiary/aromatic N) is 1. The van der Waals surface area contributed by atoms with Crippen molar-refractivity contribution in [2.75, 3.05) is 19.6 Å². The number of likely N-dealkylation sites (tertiary alicyclic amines) is 1. The second-order valence-corrected chi connectivity index (χ2v) is 7.50. The average molecular weight is 357 g/mol. The van der Waals surface area contributed by atoms with Gasteiger partial charge in [-0.25, -0.2) is 0 Å². The Morgan fingerprint density at radius 3 is 2.38 bits per heavy atom. The van der Waals surface area contributed by atoms with Crippen LogP contribution in [0.4, 0.5) is 0 Å². The Balaban J connectivity index is 1.49. The van der Waals surface area contributed by atoms with Gasteiger partial charge in [0.05, 0.1) is 0 Å². The SMILES string of the molecule is O=C(CCNC(=O)C(c1ccccc1)N1CCCC1)NC1CCCCC1. The van der Waals surface area contributed by atoms with E-state index in [9.17, 15) is 9.59 Å². The van der Waals surface area contributed by atoms with Crippen molar-refractivity contribution in [1.29, 1.82) is 0 Å². The third kappa shape index (κ3) is 5.31. The average Bonchev–Trinajstić information content (AvgIpc) is 3.18. The lowest BCUT2D eigenvalue weighted by Crippen LogP contribution is -2.41. The molecule has 1 saturated heterocycles. The highest BCUT2D eigenvalue weighted by Crippen LogP contribution is 2.25.